The molecule has 3 aliphatic rings. The van der Waals surface area contributed by atoms with Crippen LogP contribution in [-0.4, -0.2) is 82.9 Å². The van der Waals surface area contributed by atoms with E-state index in [4.69, 9.17) is 16.0 Å². The van der Waals surface area contributed by atoms with Crippen molar-refractivity contribution in [1.29, 1.82) is 5.26 Å². The molecule has 2 aromatic rings. The molecule has 0 radical (unpaired) electrons. The van der Waals surface area contributed by atoms with Crippen molar-refractivity contribution in [2.45, 2.75) is 63.3 Å². The molecule has 222 valence electrons. The number of primary amides is 1. The van der Waals surface area contributed by atoms with E-state index in [9.17, 15) is 14.4 Å². The van der Waals surface area contributed by atoms with Gasteiger partial charge in [0, 0.05) is 51.0 Å². The summed E-state index contributed by atoms with van der Waals surface area (Å²) in [6.45, 7) is 4.29. The predicted molar refractivity (Wildman–Crippen MR) is 158 cm³/mol. The molecule has 0 bridgehead atoms. The molecule has 1 aromatic carbocycles. The molecule has 3 aliphatic heterocycles. The zero-order valence-electron chi connectivity index (χ0n) is 23.9. The van der Waals surface area contributed by atoms with Crippen LogP contribution in [0.25, 0.3) is 0 Å². The first-order chi connectivity index (χ1) is 20.4. The number of aromatic nitrogens is 2. The van der Waals surface area contributed by atoms with Crippen LogP contribution >= 0.6 is 0 Å². The topological polar surface area (TPSA) is 161 Å². The van der Waals surface area contributed by atoms with Crippen LogP contribution in [0.2, 0.25) is 0 Å². The van der Waals surface area contributed by atoms with E-state index in [0.717, 1.165) is 63.8 Å². The van der Waals surface area contributed by atoms with Crippen LogP contribution in [0.15, 0.2) is 30.5 Å². The second-order valence-electron chi connectivity index (χ2n) is 11.3. The maximum Gasteiger partial charge on any atom is 0.317 e. The Hall–Kier alpha value is -4.40. The van der Waals surface area contributed by atoms with Crippen LogP contribution in [0.3, 0.4) is 0 Å². The van der Waals surface area contributed by atoms with E-state index in [0.29, 0.717) is 31.4 Å². The van der Waals surface area contributed by atoms with Gasteiger partial charge in [0.05, 0.1) is 12.3 Å². The third kappa shape index (κ3) is 7.08. The van der Waals surface area contributed by atoms with Gasteiger partial charge in [-0.15, -0.1) is 0 Å². The zero-order valence-corrected chi connectivity index (χ0v) is 23.9. The highest BCUT2D eigenvalue weighted by molar-refractivity contribution is 5.96. The standard InChI is InChI=1S/C30H39N9O3/c31-13-10-26(40)37-17-11-22(12-18-37)21-6-8-23(9-7-21)34-29-27(28(32)41)33-19-25(36-29)39-16-4-5-24(20-39)35-30(42)38-14-2-1-3-15-38/h6-9,19,22,24H,1-5,10-12,14-18,20H2,(H2,32,41)(H,34,36)(H,35,42)/t24-/m1/s1. The average molecular weight is 574 g/mol. The maximum absolute atomic E-state index is 12.8. The quantitative estimate of drug-likeness (QED) is 0.455. The van der Waals surface area contributed by atoms with Gasteiger partial charge in [0.15, 0.2) is 11.5 Å². The van der Waals surface area contributed by atoms with Crippen LogP contribution in [0.4, 0.5) is 22.1 Å². The van der Waals surface area contributed by atoms with Gasteiger partial charge in [0.25, 0.3) is 5.91 Å². The van der Waals surface area contributed by atoms with Crippen molar-refractivity contribution in [3.05, 3.63) is 41.7 Å². The summed E-state index contributed by atoms with van der Waals surface area (Å²) in [5.41, 5.74) is 7.61. The lowest BCUT2D eigenvalue weighted by Crippen LogP contribution is -2.52. The second-order valence-corrected chi connectivity index (χ2v) is 11.3. The van der Waals surface area contributed by atoms with Crippen molar-refractivity contribution in [2.24, 2.45) is 5.73 Å². The van der Waals surface area contributed by atoms with Crippen LogP contribution in [-0.2, 0) is 4.79 Å². The van der Waals surface area contributed by atoms with Gasteiger partial charge in [0.1, 0.15) is 12.2 Å². The Balaban J connectivity index is 1.22. The van der Waals surface area contributed by atoms with Gasteiger partial charge in [-0.05, 0) is 68.6 Å². The highest BCUT2D eigenvalue weighted by atomic mass is 16.2. The Bertz CT molecular complexity index is 1310. The monoisotopic (exact) mass is 573 g/mol. The molecule has 42 heavy (non-hydrogen) atoms. The fraction of sp³-hybridized carbons (Fsp3) is 0.533. The number of nitrogens with zero attached hydrogens (tertiary/aromatic N) is 6. The summed E-state index contributed by atoms with van der Waals surface area (Å²) in [7, 11) is 0. The van der Waals surface area contributed by atoms with Crippen LogP contribution in [0.1, 0.15) is 73.3 Å². The number of hydrogen-bond donors (Lipinski definition) is 3. The van der Waals surface area contributed by atoms with Crippen molar-refractivity contribution in [1.82, 2.24) is 25.1 Å². The number of carbonyl (C=O) groups is 3. The summed E-state index contributed by atoms with van der Waals surface area (Å²) in [5, 5.41) is 15.2. The van der Waals surface area contributed by atoms with Crippen molar-refractivity contribution in [3.63, 3.8) is 0 Å². The van der Waals surface area contributed by atoms with Gasteiger partial charge < -0.3 is 31.1 Å². The Labute approximate surface area is 246 Å². The first-order valence-corrected chi connectivity index (χ1v) is 14.9. The van der Waals surface area contributed by atoms with Crippen LogP contribution in [0, 0.1) is 11.3 Å². The van der Waals surface area contributed by atoms with Gasteiger partial charge >= 0.3 is 6.03 Å². The fourth-order valence-corrected chi connectivity index (χ4v) is 6.08. The lowest BCUT2D eigenvalue weighted by molar-refractivity contribution is -0.131. The van der Waals surface area contributed by atoms with E-state index in [2.05, 4.69) is 20.5 Å². The molecule has 12 nitrogen and oxygen atoms in total. The molecule has 3 fully saturated rings. The molecule has 0 saturated carbocycles. The highest BCUT2D eigenvalue weighted by Crippen LogP contribution is 2.30. The third-order valence-corrected chi connectivity index (χ3v) is 8.43. The van der Waals surface area contributed by atoms with E-state index >= 15 is 0 Å². The minimum absolute atomic E-state index is 0.000511. The molecule has 12 heteroatoms. The zero-order chi connectivity index (χ0) is 29.5. The first-order valence-electron chi connectivity index (χ1n) is 14.9. The molecular formula is C30H39N9O3. The molecular weight excluding hydrogens is 534 g/mol. The minimum Gasteiger partial charge on any atom is -0.364 e. The smallest absolute Gasteiger partial charge is 0.317 e. The SMILES string of the molecule is N#CCC(=O)N1CCC(c2ccc(Nc3nc(N4CCC[C@@H](NC(=O)N5CCCCC5)C4)cnc3C(N)=O)cc2)CC1. The van der Waals surface area contributed by atoms with E-state index in [1.807, 2.05) is 35.2 Å². The number of piperidine rings is 3. The van der Waals surface area contributed by atoms with Gasteiger partial charge in [-0.25, -0.2) is 14.8 Å². The van der Waals surface area contributed by atoms with Gasteiger partial charge in [-0.3, -0.25) is 9.59 Å². The number of nitrogens with one attached hydrogen (secondary N) is 2. The van der Waals surface area contributed by atoms with Crippen molar-refractivity contribution in [2.75, 3.05) is 49.5 Å². The van der Waals surface area contributed by atoms with E-state index in [1.54, 1.807) is 11.1 Å². The van der Waals surface area contributed by atoms with Crippen molar-refractivity contribution >= 4 is 35.2 Å². The highest BCUT2D eigenvalue weighted by Gasteiger charge is 2.27. The van der Waals surface area contributed by atoms with Crippen LogP contribution in [0.5, 0.6) is 0 Å². The van der Waals surface area contributed by atoms with Gasteiger partial charge in [0.2, 0.25) is 5.91 Å². The third-order valence-electron chi connectivity index (χ3n) is 8.43. The number of urea groups is 1. The van der Waals surface area contributed by atoms with E-state index in [-0.39, 0.29) is 35.9 Å². The molecule has 5 rings (SSSR count). The van der Waals surface area contributed by atoms with Crippen molar-refractivity contribution < 1.29 is 14.4 Å². The Kier molecular flexibility index (Phi) is 9.36. The number of benzene rings is 1. The summed E-state index contributed by atoms with van der Waals surface area (Å²) >= 11 is 0. The van der Waals surface area contributed by atoms with E-state index in [1.165, 1.54) is 12.0 Å². The summed E-state index contributed by atoms with van der Waals surface area (Å²) in [5.74, 6) is 0.463. The lowest BCUT2D eigenvalue weighted by atomic mass is 9.89. The Morgan fingerprint density at radius 2 is 1.69 bits per heavy atom. The first kappa shape index (κ1) is 29.1. The molecule has 3 saturated heterocycles. The molecule has 4 N–H and O–H groups in total. The Morgan fingerprint density at radius 3 is 2.38 bits per heavy atom. The molecule has 0 aliphatic carbocycles. The molecule has 0 spiro atoms. The van der Waals surface area contributed by atoms with Crippen molar-refractivity contribution in [3.8, 4) is 6.07 Å². The fourth-order valence-electron chi connectivity index (χ4n) is 6.08. The maximum atomic E-state index is 12.8. The molecule has 4 heterocycles. The van der Waals surface area contributed by atoms with Gasteiger partial charge in [-0.1, -0.05) is 12.1 Å². The lowest BCUT2D eigenvalue weighted by Gasteiger charge is -2.36. The number of likely N-dealkylation sites (tertiary alicyclic amines) is 2. The summed E-state index contributed by atoms with van der Waals surface area (Å²) in [4.78, 5) is 51.8. The largest absolute Gasteiger partial charge is 0.364 e. The molecule has 4 amide bonds. The average Bonchev–Trinajstić information content (AvgIpc) is 3.02. The number of rotatable bonds is 7. The molecule has 1 aromatic heterocycles. The number of nitriles is 1. The number of carbonyl (C=O) groups excluding carboxylic acids is 3. The number of anilines is 3. The number of hydrogen-bond acceptors (Lipinski definition) is 8. The minimum atomic E-state index is -0.670. The Morgan fingerprint density at radius 1 is 0.952 bits per heavy atom. The predicted octanol–water partition coefficient (Wildman–Crippen LogP) is 3.10. The summed E-state index contributed by atoms with van der Waals surface area (Å²) < 4.78 is 0. The van der Waals surface area contributed by atoms with E-state index < -0.39 is 5.91 Å². The number of nitrogens with two attached hydrogens (primary N) is 1. The summed E-state index contributed by atoms with van der Waals surface area (Å²) in [6.07, 6.45) is 8.26. The molecule has 0 unspecified atom stereocenters. The normalized spacial score (nSPS) is 19.6. The number of amides is 4. The van der Waals surface area contributed by atoms with Gasteiger partial charge in [-0.2, -0.15) is 5.26 Å². The summed E-state index contributed by atoms with van der Waals surface area (Å²) in [6, 6.07) is 9.90. The molecule has 1 atom stereocenters. The second kappa shape index (κ2) is 13.5. The van der Waals surface area contributed by atoms with Crippen LogP contribution < -0.4 is 21.3 Å².